The van der Waals surface area contributed by atoms with Crippen molar-refractivity contribution in [2.75, 3.05) is 18.6 Å². The molecular weight excluding hydrogens is 624 g/mol. The molecule has 0 fully saturated rings. The molecule has 46 heavy (non-hydrogen) atoms. The zero-order valence-corrected chi connectivity index (χ0v) is 26.4. The molecule has 0 N–H and O–H groups in total. The number of halogens is 2. The summed E-state index contributed by atoms with van der Waals surface area (Å²) in [5.41, 5.74) is 0.703. The highest BCUT2D eigenvalue weighted by molar-refractivity contribution is 6.58. The highest BCUT2D eigenvalue weighted by atomic mass is 35.5. The Bertz CT molecular complexity index is 1860. The number of hydrogen-bond donors (Lipinski definition) is 0. The maximum atomic E-state index is 14.3. The fraction of sp³-hybridized carbons (Fsp3) is 0.296. The predicted molar refractivity (Wildman–Crippen MR) is 178 cm³/mol. The van der Waals surface area contributed by atoms with E-state index in [9.17, 15) is 9.59 Å². The van der Waals surface area contributed by atoms with Gasteiger partial charge in [-0.3, -0.25) is 14.5 Å². The molecule has 1 aromatic carbocycles. The highest BCUT2D eigenvalue weighted by Gasteiger charge is 2.46. The molecule has 1 unspecified atom stereocenters. The van der Waals surface area contributed by atoms with Crippen molar-refractivity contribution in [3.8, 4) is 23.3 Å². The Kier molecular flexibility index (Phi) is 9.24. The van der Waals surface area contributed by atoms with Crippen molar-refractivity contribution >= 4 is 81.9 Å². The molecule has 1 aliphatic rings. The van der Waals surface area contributed by atoms with E-state index in [0.29, 0.717) is 16.3 Å². The average molecular weight is 644 g/mol. The number of rotatable bonds is 10. The number of benzene rings is 1. The summed E-state index contributed by atoms with van der Waals surface area (Å²) in [7, 11) is 37.0. The molecule has 19 heteroatoms. The monoisotopic (exact) mass is 644 g/mol. The van der Waals surface area contributed by atoms with Gasteiger partial charge in [0.05, 0.1) is 28.9 Å². The minimum Gasteiger partial charge on any atom is -0.500 e. The van der Waals surface area contributed by atoms with Gasteiger partial charge in [-0.15, -0.1) is 0 Å². The van der Waals surface area contributed by atoms with Gasteiger partial charge >= 0.3 is 6.01 Å². The van der Waals surface area contributed by atoms with E-state index < -0.39 is 40.2 Å². The summed E-state index contributed by atoms with van der Waals surface area (Å²) < 4.78 is 19.2. The number of carbonyl (C=O) groups excluding carboxylic acids is 1. The minimum atomic E-state index is -2.23. The van der Waals surface area contributed by atoms with Crippen molar-refractivity contribution in [2.45, 2.75) is 29.6 Å². The van der Waals surface area contributed by atoms with E-state index in [4.69, 9.17) is 89.5 Å². The van der Waals surface area contributed by atoms with Gasteiger partial charge in [0, 0.05) is 31.6 Å². The number of fused-ring (bicyclic) bond motifs is 1. The van der Waals surface area contributed by atoms with Gasteiger partial charge in [-0.25, -0.2) is 9.97 Å². The molecule has 1 amide bonds. The normalized spacial score (nSPS) is 15.5. The molecule has 12 radical (unpaired) electrons. The Morgan fingerprint density at radius 3 is 2.24 bits per heavy atom. The standard InChI is InChI=1S/C27H20B6Cl2N6O5/c1-12(11-44-3)40-20-18(37-21(40)16-9-36-25(46-27(31,32)33)38-22(16)45-26(28,29)30)24(43)41(17-8-15(35)10-39(2)23(17)42)19(20)13-4-6-14(34)7-5-13/h4-10,12,19H,11H2,1-3H3/t12?,19-/m0/s1. The van der Waals surface area contributed by atoms with E-state index in [1.165, 1.54) is 42.1 Å². The molecule has 4 aromatic rings. The van der Waals surface area contributed by atoms with Crippen LogP contribution >= 0.6 is 23.2 Å². The second-order valence-electron chi connectivity index (χ2n) is 10.7. The van der Waals surface area contributed by atoms with E-state index in [0.717, 1.165) is 0 Å². The fourth-order valence-electron chi connectivity index (χ4n) is 5.15. The first-order valence-electron chi connectivity index (χ1n) is 13.5. The molecule has 0 saturated heterocycles. The minimum absolute atomic E-state index is 0.00982. The lowest BCUT2D eigenvalue weighted by atomic mass is 9.52. The average Bonchev–Trinajstić information content (AvgIpc) is 3.45. The third kappa shape index (κ3) is 6.77. The van der Waals surface area contributed by atoms with Crippen LogP contribution in [-0.2, 0) is 11.8 Å². The fourth-order valence-corrected chi connectivity index (χ4v) is 5.53. The zero-order valence-electron chi connectivity index (χ0n) is 24.8. The SMILES string of the molecule is [B]C([B])([B])Oc1ncc(-c2nc3c(n2C(C)COC)[C@H](c2ccc(Cl)cc2)N(c2cc(Cl)cn(C)c2=O)C3=O)c(OC([B])([B])[B])n1. The molecule has 0 spiro atoms. The smallest absolute Gasteiger partial charge is 0.317 e. The van der Waals surface area contributed by atoms with Crippen LogP contribution in [0.3, 0.4) is 0 Å². The van der Waals surface area contributed by atoms with Crippen LogP contribution < -0.4 is 19.9 Å². The maximum Gasteiger partial charge on any atom is 0.317 e. The van der Waals surface area contributed by atoms with Gasteiger partial charge in [0.2, 0.25) is 5.88 Å². The summed E-state index contributed by atoms with van der Waals surface area (Å²) in [5, 5.41) is -3.66. The predicted octanol–water partition coefficient (Wildman–Crippen LogP) is 1.29. The van der Waals surface area contributed by atoms with Gasteiger partial charge in [0.1, 0.15) is 64.6 Å². The number of carbonyl (C=O) groups is 1. The number of aryl methyl sites for hydroxylation is 1. The van der Waals surface area contributed by atoms with Crippen molar-refractivity contribution in [1.29, 1.82) is 0 Å². The number of anilines is 1. The molecule has 0 bridgehead atoms. The van der Waals surface area contributed by atoms with E-state index in [1.54, 1.807) is 28.8 Å². The van der Waals surface area contributed by atoms with Gasteiger partial charge in [0.15, 0.2) is 5.69 Å². The van der Waals surface area contributed by atoms with E-state index in [2.05, 4.69) is 9.97 Å². The van der Waals surface area contributed by atoms with Gasteiger partial charge in [-0.2, -0.15) is 4.98 Å². The summed E-state index contributed by atoms with van der Waals surface area (Å²) >= 11 is 12.6. The molecule has 1 aliphatic heterocycles. The van der Waals surface area contributed by atoms with Crippen LogP contribution in [0.2, 0.25) is 10.0 Å². The first-order chi connectivity index (χ1) is 21.5. The lowest BCUT2D eigenvalue weighted by molar-refractivity contribution is 0.0989. The molecule has 4 heterocycles. The number of pyridine rings is 1. The topological polar surface area (TPSA) is 114 Å². The largest absolute Gasteiger partial charge is 0.500 e. The quantitative estimate of drug-likeness (QED) is 0.238. The molecule has 2 atom stereocenters. The zero-order chi connectivity index (χ0) is 33.7. The molecule has 0 aliphatic carbocycles. The number of aromatic nitrogens is 5. The number of ether oxygens (including phenoxy) is 3. The lowest BCUT2D eigenvalue weighted by Gasteiger charge is -2.29. The van der Waals surface area contributed by atoms with Crippen LogP contribution in [0.5, 0.6) is 11.9 Å². The molecule has 3 aromatic heterocycles. The van der Waals surface area contributed by atoms with Gasteiger partial charge < -0.3 is 23.3 Å². The Labute approximate surface area is 282 Å². The number of hydrogen-bond acceptors (Lipinski definition) is 8. The van der Waals surface area contributed by atoms with Gasteiger partial charge in [0.25, 0.3) is 11.5 Å². The Morgan fingerprint density at radius 1 is 0.978 bits per heavy atom. The molecular formula is C27H20B6Cl2N6O5. The molecule has 5 rings (SSSR count). The van der Waals surface area contributed by atoms with Crippen LogP contribution in [-0.4, -0.2) is 101 Å². The lowest BCUT2D eigenvalue weighted by Crippen LogP contribution is -2.39. The van der Waals surface area contributed by atoms with Gasteiger partial charge in [-0.1, -0.05) is 35.3 Å². The number of imidazole rings is 1. The second kappa shape index (κ2) is 12.6. The van der Waals surface area contributed by atoms with Crippen molar-refractivity contribution < 1.29 is 19.0 Å². The first kappa shape index (κ1) is 33.8. The van der Waals surface area contributed by atoms with Crippen LogP contribution in [0.25, 0.3) is 11.4 Å². The van der Waals surface area contributed by atoms with Crippen LogP contribution in [0.15, 0.2) is 47.5 Å². The van der Waals surface area contributed by atoms with Crippen molar-refractivity contribution in [1.82, 2.24) is 24.1 Å². The van der Waals surface area contributed by atoms with Gasteiger partial charge in [-0.05, 0) is 41.3 Å². The Hall–Kier alpha value is -3.54. The summed E-state index contributed by atoms with van der Waals surface area (Å²) in [6, 6.07) is 6.48. The van der Waals surface area contributed by atoms with E-state index in [1.807, 2.05) is 6.92 Å². The first-order valence-corrected chi connectivity index (χ1v) is 14.3. The van der Waals surface area contributed by atoms with Crippen LogP contribution in [0.4, 0.5) is 5.69 Å². The molecule has 220 valence electrons. The van der Waals surface area contributed by atoms with Crippen LogP contribution in [0, 0.1) is 0 Å². The van der Waals surface area contributed by atoms with Crippen molar-refractivity contribution in [3.63, 3.8) is 0 Å². The van der Waals surface area contributed by atoms with Crippen molar-refractivity contribution in [2.24, 2.45) is 7.05 Å². The summed E-state index contributed by atoms with van der Waals surface area (Å²) in [6.45, 7) is 2.00. The molecule has 11 nitrogen and oxygen atoms in total. The molecule has 0 saturated carbocycles. The van der Waals surface area contributed by atoms with E-state index in [-0.39, 0.29) is 40.3 Å². The van der Waals surface area contributed by atoms with E-state index >= 15 is 0 Å². The Morgan fingerprint density at radius 2 is 1.63 bits per heavy atom. The Balaban J connectivity index is 1.81. The van der Waals surface area contributed by atoms with Crippen LogP contribution in [0.1, 0.15) is 40.8 Å². The summed E-state index contributed by atoms with van der Waals surface area (Å²) in [6.07, 6.45) is 2.70. The summed E-state index contributed by atoms with van der Waals surface area (Å²) in [5.74, 6) is -0.745. The number of amides is 1. The highest BCUT2D eigenvalue weighted by Crippen LogP contribution is 2.45. The summed E-state index contributed by atoms with van der Waals surface area (Å²) in [4.78, 5) is 42.1. The third-order valence-electron chi connectivity index (χ3n) is 6.83. The van der Waals surface area contributed by atoms with Crippen molar-refractivity contribution in [3.05, 3.63) is 80.1 Å². The number of nitrogens with zero attached hydrogens (tertiary/aromatic N) is 6. The third-order valence-corrected chi connectivity index (χ3v) is 7.28. The second-order valence-corrected chi connectivity index (χ2v) is 11.6. The number of methoxy groups -OCH3 is 1. The maximum absolute atomic E-state index is 14.3.